The second kappa shape index (κ2) is 8.40. The molecule has 0 atom stereocenters. The molecule has 0 fully saturated rings. The molecule has 2 aromatic rings. The smallest absolute Gasteiger partial charge is 0.258 e. The molecule has 0 aliphatic carbocycles. The third kappa shape index (κ3) is 3.86. The summed E-state index contributed by atoms with van der Waals surface area (Å²) in [6, 6.07) is 20.7. The molecule has 2 aromatic carbocycles. The minimum atomic E-state index is -0.577. The van der Waals surface area contributed by atoms with Crippen molar-refractivity contribution >= 4 is 16.8 Å². The van der Waals surface area contributed by atoms with Gasteiger partial charge in [0.05, 0.1) is 4.92 Å². The molecular formula is C20H9N5O2. The molecule has 0 bridgehead atoms. The lowest BCUT2D eigenvalue weighted by Crippen LogP contribution is -1.98. The molecule has 0 saturated heterocycles. The van der Waals surface area contributed by atoms with Crippen LogP contribution in [0.4, 0.5) is 5.69 Å². The summed E-state index contributed by atoms with van der Waals surface area (Å²) < 4.78 is 0. The fourth-order valence-electron chi connectivity index (χ4n) is 2.46. The molecule has 0 heterocycles. The van der Waals surface area contributed by atoms with E-state index in [0.29, 0.717) is 11.1 Å². The quantitative estimate of drug-likeness (QED) is 0.354. The van der Waals surface area contributed by atoms with Gasteiger partial charge in [-0.15, -0.1) is 0 Å². The molecule has 0 radical (unpaired) electrons. The first-order valence-corrected chi connectivity index (χ1v) is 7.47. The highest BCUT2D eigenvalue weighted by Gasteiger charge is 2.21. The van der Waals surface area contributed by atoms with E-state index in [1.54, 1.807) is 54.6 Å². The highest BCUT2D eigenvalue weighted by Crippen LogP contribution is 2.36. The summed E-state index contributed by atoms with van der Waals surface area (Å²) in [7, 11) is 0. The summed E-state index contributed by atoms with van der Waals surface area (Å²) in [5, 5.41) is 48.5. The topological polar surface area (TPSA) is 138 Å². The number of allylic oxidation sites excluding steroid dienone is 4. The maximum absolute atomic E-state index is 10.9. The van der Waals surface area contributed by atoms with E-state index in [9.17, 15) is 31.2 Å². The van der Waals surface area contributed by atoms with E-state index in [1.807, 2.05) is 0 Å². The molecule has 7 nitrogen and oxygen atoms in total. The van der Waals surface area contributed by atoms with E-state index in [2.05, 4.69) is 0 Å². The van der Waals surface area contributed by atoms with Crippen LogP contribution >= 0.6 is 0 Å². The fraction of sp³-hybridized carbons (Fsp3) is 0. The van der Waals surface area contributed by atoms with Crippen LogP contribution in [0.25, 0.3) is 11.1 Å². The zero-order valence-corrected chi connectivity index (χ0v) is 13.7. The number of rotatable bonds is 4. The van der Waals surface area contributed by atoms with Crippen LogP contribution in [-0.4, -0.2) is 4.92 Å². The highest BCUT2D eigenvalue weighted by molar-refractivity contribution is 6.11. The van der Waals surface area contributed by atoms with Gasteiger partial charge in [-0.2, -0.15) is 21.0 Å². The predicted octanol–water partition coefficient (Wildman–Crippen LogP) is 3.90. The Morgan fingerprint density at radius 1 is 0.704 bits per heavy atom. The number of nitriles is 4. The van der Waals surface area contributed by atoms with Crippen molar-refractivity contribution in [2.45, 2.75) is 0 Å². The summed E-state index contributed by atoms with van der Waals surface area (Å²) in [4.78, 5) is 10.3. The molecule has 27 heavy (non-hydrogen) atoms. The van der Waals surface area contributed by atoms with Crippen molar-refractivity contribution in [1.82, 2.24) is 0 Å². The van der Waals surface area contributed by atoms with Crippen molar-refractivity contribution in [2.24, 2.45) is 0 Å². The van der Waals surface area contributed by atoms with Gasteiger partial charge in [-0.05, 0) is 23.3 Å². The third-order valence-corrected chi connectivity index (χ3v) is 3.63. The van der Waals surface area contributed by atoms with E-state index < -0.39 is 4.92 Å². The van der Waals surface area contributed by atoms with Crippen LogP contribution in [0.15, 0.2) is 65.7 Å². The fourth-order valence-corrected chi connectivity index (χ4v) is 2.46. The average molecular weight is 351 g/mol. The first kappa shape index (κ1) is 18.6. The van der Waals surface area contributed by atoms with Gasteiger partial charge in [0.2, 0.25) is 0 Å². The van der Waals surface area contributed by atoms with Crippen molar-refractivity contribution in [3.05, 3.63) is 87.0 Å². The predicted molar refractivity (Wildman–Crippen MR) is 95.8 cm³/mol. The summed E-state index contributed by atoms with van der Waals surface area (Å²) >= 11 is 0. The second-order valence-corrected chi connectivity index (χ2v) is 5.12. The van der Waals surface area contributed by atoms with Crippen LogP contribution in [0.2, 0.25) is 0 Å². The Kier molecular flexibility index (Phi) is 5.79. The van der Waals surface area contributed by atoms with Crippen LogP contribution in [-0.2, 0) is 0 Å². The molecule has 0 N–H and O–H groups in total. The van der Waals surface area contributed by atoms with Gasteiger partial charge in [0.1, 0.15) is 35.4 Å². The second-order valence-electron chi connectivity index (χ2n) is 5.12. The van der Waals surface area contributed by atoms with Gasteiger partial charge < -0.3 is 0 Å². The molecule has 0 spiro atoms. The van der Waals surface area contributed by atoms with Gasteiger partial charge in [-0.3, -0.25) is 10.1 Å². The van der Waals surface area contributed by atoms with Crippen molar-refractivity contribution in [3.8, 4) is 24.3 Å². The van der Waals surface area contributed by atoms with E-state index in [1.165, 1.54) is 24.3 Å². The molecule has 2 rings (SSSR count). The number of benzene rings is 2. The van der Waals surface area contributed by atoms with E-state index in [-0.39, 0.29) is 28.0 Å². The number of non-ortho nitro benzene ring substituents is 1. The Morgan fingerprint density at radius 3 is 1.48 bits per heavy atom. The van der Waals surface area contributed by atoms with Crippen LogP contribution in [0.1, 0.15) is 11.1 Å². The van der Waals surface area contributed by atoms with Crippen LogP contribution in [0.3, 0.4) is 0 Å². The zero-order chi connectivity index (χ0) is 19.8. The lowest BCUT2D eigenvalue weighted by atomic mass is 9.86. The van der Waals surface area contributed by atoms with Gasteiger partial charge in [-0.1, -0.05) is 30.3 Å². The Labute approximate surface area is 154 Å². The van der Waals surface area contributed by atoms with Gasteiger partial charge in [0, 0.05) is 23.3 Å². The molecule has 0 amide bonds. The molecule has 0 aliphatic heterocycles. The number of hydrogen-bond acceptors (Lipinski definition) is 6. The summed E-state index contributed by atoms with van der Waals surface area (Å²) in [6.07, 6.45) is 0. The van der Waals surface area contributed by atoms with Gasteiger partial charge in [0.25, 0.3) is 5.69 Å². The lowest BCUT2D eigenvalue weighted by molar-refractivity contribution is -0.384. The van der Waals surface area contributed by atoms with Gasteiger partial charge in [0.15, 0.2) is 0 Å². The average Bonchev–Trinajstić information content (AvgIpc) is 2.71. The van der Waals surface area contributed by atoms with E-state index >= 15 is 0 Å². The molecule has 126 valence electrons. The number of nitro groups is 1. The Hall–Kier alpha value is -4.72. The maximum Gasteiger partial charge on any atom is 0.269 e. The number of nitrogens with zero attached hydrogens (tertiary/aromatic N) is 5. The van der Waals surface area contributed by atoms with E-state index in [0.717, 1.165) is 0 Å². The molecule has 0 unspecified atom stereocenters. The monoisotopic (exact) mass is 351 g/mol. The largest absolute Gasteiger partial charge is 0.269 e. The van der Waals surface area contributed by atoms with Crippen molar-refractivity contribution in [1.29, 1.82) is 21.0 Å². The minimum Gasteiger partial charge on any atom is -0.258 e. The standard InChI is InChI=1S/C20H9N5O2/c21-10-16(11-22)19(14-4-2-1-3-5-14)20(17(12-23)13-24)15-6-8-18(9-7-15)25(26)27/h1-9H. The normalized spacial score (nSPS) is 8.89. The zero-order valence-electron chi connectivity index (χ0n) is 13.7. The van der Waals surface area contributed by atoms with Crippen LogP contribution in [0, 0.1) is 55.4 Å². The third-order valence-electron chi connectivity index (χ3n) is 3.63. The summed E-state index contributed by atoms with van der Waals surface area (Å²) in [5.41, 5.74) is 0.196. The maximum atomic E-state index is 10.9. The summed E-state index contributed by atoms with van der Waals surface area (Å²) in [5.74, 6) is 0. The minimum absolute atomic E-state index is 0.0687. The first-order valence-electron chi connectivity index (χ1n) is 7.47. The molecule has 0 aliphatic rings. The summed E-state index contributed by atoms with van der Waals surface area (Å²) in [6.45, 7) is 0. The molecule has 0 aromatic heterocycles. The van der Waals surface area contributed by atoms with Crippen molar-refractivity contribution in [2.75, 3.05) is 0 Å². The van der Waals surface area contributed by atoms with E-state index in [4.69, 9.17) is 0 Å². The molecule has 0 saturated carbocycles. The van der Waals surface area contributed by atoms with Crippen LogP contribution < -0.4 is 0 Å². The SMILES string of the molecule is N#CC(C#N)=C(C(=C(C#N)C#N)c1ccc([N+](=O)[O-])cc1)c1ccccc1. The van der Waals surface area contributed by atoms with Gasteiger partial charge in [-0.25, -0.2) is 0 Å². The Bertz CT molecular complexity index is 1080. The first-order chi connectivity index (χ1) is 13.1. The van der Waals surface area contributed by atoms with Crippen molar-refractivity contribution < 1.29 is 4.92 Å². The number of nitro benzene ring substituents is 1. The number of hydrogen-bond donors (Lipinski definition) is 0. The highest BCUT2D eigenvalue weighted by atomic mass is 16.6. The Balaban J connectivity index is 2.91. The van der Waals surface area contributed by atoms with Crippen LogP contribution in [0.5, 0.6) is 0 Å². The lowest BCUT2D eigenvalue weighted by Gasteiger charge is -2.13. The Morgan fingerprint density at radius 2 is 1.11 bits per heavy atom. The molecular weight excluding hydrogens is 342 g/mol. The van der Waals surface area contributed by atoms with Crippen molar-refractivity contribution in [3.63, 3.8) is 0 Å². The molecule has 7 heteroatoms. The van der Waals surface area contributed by atoms with Gasteiger partial charge >= 0.3 is 0 Å².